The van der Waals surface area contributed by atoms with Gasteiger partial charge < -0.3 is 15.7 Å². The van der Waals surface area contributed by atoms with Crippen molar-refractivity contribution in [3.63, 3.8) is 0 Å². The molecule has 0 aromatic heterocycles. The van der Waals surface area contributed by atoms with E-state index in [0.717, 1.165) is 0 Å². The molecule has 7 heteroatoms. The van der Waals surface area contributed by atoms with Gasteiger partial charge in [-0.15, -0.1) is 6.58 Å². The second-order valence-corrected chi connectivity index (χ2v) is 3.23. The van der Waals surface area contributed by atoms with Gasteiger partial charge in [-0.2, -0.15) is 13.2 Å². The standard InChI is InChI=1S/C9H15F3N2O2/c1-2-3-7(13)8(16)14(4-5-15)6-9(10,11)12/h2,7,15H,1,3-6,13H2. The van der Waals surface area contributed by atoms with Crippen LogP contribution in [-0.2, 0) is 4.79 Å². The first-order valence-electron chi connectivity index (χ1n) is 4.64. The Kier molecular flexibility index (Phi) is 6.05. The normalized spacial score (nSPS) is 13.3. The van der Waals surface area contributed by atoms with Gasteiger partial charge in [0.2, 0.25) is 5.91 Å². The number of carbonyl (C=O) groups excluding carboxylic acids is 1. The number of hydrogen-bond acceptors (Lipinski definition) is 3. The quantitative estimate of drug-likeness (QED) is 0.655. The van der Waals surface area contributed by atoms with Gasteiger partial charge in [0.05, 0.1) is 12.6 Å². The SMILES string of the molecule is C=CCC(N)C(=O)N(CCO)CC(F)(F)F. The van der Waals surface area contributed by atoms with E-state index in [9.17, 15) is 18.0 Å². The number of rotatable bonds is 6. The maximum Gasteiger partial charge on any atom is 0.406 e. The summed E-state index contributed by atoms with van der Waals surface area (Å²) in [6.45, 7) is 1.01. The molecule has 0 saturated carbocycles. The third-order valence-corrected chi connectivity index (χ3v) is 1.79. The molecule has 3 N–H and O–H groups in total. The van der Waals surface area contributed by atoms with E-state index in [4.69, 9.17) is 10.8 Å². The molecule has 0 aromatic carbocycles. The molecule has 0 heterocycles. The molecule has 0 aliphatic carbocycles. The molecule has 1 amide bonds. The number of aliphatic hydroxyl groups is 1. The van der Waals surface area contributed by atoms with Gasteiger partial charge in [-0.05, 0) is 6.42 Å². The highest BCUT2D eigenvalue weighted by Crippen LogP contribution is 2.17. The second-order valence-electron chi connectivity index (χ2n) is 3.23. The summed E-state index contributed by atoms with van der Waals surface area (Å²) in [5, 5.41) is 8.57. The molecule has 16 heavy (non-hydrogen) atoms. The first kappa shape index (κ1) is 14.9. The van der Waals surface area contributed by atoms with Gasteiger partial charge in [0.25, 0.3) is 0 Å². The summed E-state index contributed by atoms with van der Waals surface area (Å²) in [7, 11) is 0. The molecule has 0 aliphatic rings. The number of nitrogens with zero attached hydrogens (tertiary/aromatic N) is 1. The molecule has 0 fully saturated rings. The fourth-order valence-corrected chi connectivity index (χ4v) is 1.12. The largest absolute Gasteiger partial charge is 0.406 e. The topological polar surface area (TPSA) is 66.6 Å². The van der Waals surface area contributed by atoms with E-state index in [2.05, 4.69) is 6.58 Å². The smallest absolute Gasteiger partial charge is 0.395 e. The van der Waals surface area contributed by atoms with E-state index in [-0.39, 0.29) is 13.0 Å². The molecule has 4 nitrogen and oxygen atoms in total. The van der Waals surface area contributed by atoms with Gasteiger partial charge in [-0.25, -0.2) is 0 Å². The van der Waals surface area contributed by atoms with Crippen molar-refractivity contribution < 1.29 is 23.1 Å². The maximum atomic E-state index is 12.1. The number of halogens is 3. The minimum absolute atomic E-state index is 0.0959. The van der Waals surface area contributed by atoms with Crippen LogP contribution in [0.5, 0.6) is 0 Å². The van der Waals surface area contributed by atoms with E-state index in [1.165, 1.54) is 6.08 Å². The number of nitrogens with two attached hydrogens (primary N) is 1. The van der Waals surface area contributed by atoms with Crippen molar-refractivity contribution in [3.05, 3.63) is 12.7 Å². The Balaban J connectivity index is 4.51. The van der Waals surface area contributed by atoms with Crippen LogP contribution in [0.4, 0.5) is 13.2 Å². The number of aliphatic hydroxyl groups excluding tert-OH is 1. The van der Waals surface area contributed by atoms with E-state index in [0.29, 0.717) is 4.90 Å². The number of alkyl halides is 3. The van der Waals surface area contributed by atoms with Gasteiger partial charge in [-0.3, -0.25) is 4.79 Å². The Morgan fingerprint density at radius 3 is 2.50 bits per heavy atom. The lowest BCUT2D eigenvalue weighted by atomic mass is 10.2. The molecule has 0 bridgehead atoms. The predicted molar refractivity (Wildman–Crippen MR) is 52.5 cm³/mol. The van der Waals surface area contributed by atoms with Crippen molar-refractivity contribution in [2.45, 2.75) is 18.6 Å². The van der Waals surface area contributed by atoms with E-state index in [1.807, 2.05) is 0 Å². The highest BCUT2D eigenvalue weighted by molar-refractivity contribution is 5.81. The minimum atomic E-state index is -4.50. The Morgan fingerprint density at radius 2 is 2.12 bits per heavy atom. The fraction of sp³-hybridized carbons (Fsp3) is 0.667. The van der Waals surface area contributed by atoms with E-state index < -0.39 is 31.3 Å². The minimum Gasteiger partial charge on any atom is -0.395 e. The summed E-state index contributed by atoms with van der Waals surface area (Å²) >= 11 is 0. The lowest BCUT2D eigenvalue weighted by Gasteiger charge is -2.25. The summed E-state index contributed by atoms with van der Waals surface area (Å²) < 4.78 is 36.3. The van der Waals surface area contributed by atoms with Crippen molar-refractivity contribution in [2.24, 2.45) is 5.73 Å². The first-order chi connectivity index (χ1) is 7.31. The average Bonchev–Trinajstić information content (AvgIpc) is 2.14. The van der Waals surface area contributed by atoms with Gasteiger partial charge in [0.15, 0.2) is 0 Å². The van der Waals surface area contributed by atoms with Gasteiger partial charge in [-0.1, -0.05) is 6.08 Å². The molecule has 1 atom stereocenters. The van der Waals surface area contributed by atoms with Crippen LogP contribution in [0.2, 0.25) is 0 Å². The molecule has 0 spiro atoms. The summed E-state index contributed by atoms with van der Waals surface area (Å²) in [5.41, 5.74) is 5.37. The average molecular weight is 240 g/mol. The molecular formula is C9H15F3N2O2. The third kappa shape index (κ3) is 5.72. The zero-order valence-corrected chi connectivity index (χ0v) is 8.70. The van der Waals surface area contributed by atoms with Crippen molar-refractivity contribution in [2.75, 3.05) is 19.7 Å². The summed E-state index contributed by atoms with van der Waals surface area (Å²) in [6.07, 6.45) is -3.05. The zero-order chi connectivity index (χ0) is 12.8. The van der Waals surface area contributed by atoms with Crippen molar-refractivity contribution in [3.8, 4) is 0 Å². The molecule has 0 aliphatic heterocycles. The number of carbonyl (C=O) groups is 1. The third-order valence-electron chi connectivity index (χ3n) is 1.79. The van der Waals surface area contributed by atoms with Crippen LogP contribution in [0.1, 0.15) is 6.42 Å². The maximum absolute atomic E-state index is 12.1. The zero-order valence-electron chi connectivity index (χ0n) is 8.70. The van der Waals surface area contributed by atoms with Gasteiger partial charge in [0, 0.05) is 6.54 Å². The molecule has 0 radical (unpaired) electrons. The molecule has 1 unspecified atom stereocenters. The lowest BCUT2D eigenvalue weighted by Crippen LogP contribution is -2.48. The fourth-order valence-electron chi connectivity index (χ4n) is 1.12. The monoisotopic (exact) mass is 240 g/mol. The Morgan fingerprint density at radius 1 is 1.56 bits per heavy atom. The molecule has 0 rings (SSSR count). The Hall–Kier alpha value is -1.08. The van der Waals surface area contributed by atoms with Crippen LogP contribution in [0.15, 0.2) is 12.7 Å². The molecule has 94 valence electrons. The lowest BCUT2D eigenvalue weighted by molar-refractivity contribution is -0.162. The van der Waals surface area contributed by atoms with Crippen molar-refractivity contribution in [1.82, 2.24) is 4.90 Å². The van der Waals surface area contributed by atoms with Crippen LogP contribution in [0, 0.1) is 0 Å². The Labute approximate surface area is 91.5 Å². The van der Waals surface area contributed by atoms with Crippen LogP contribution in [0.25, 0.3) is 0 Å². The highest BCUT2D eigenvalue weighted by Gasteiger charge is 2.33. The Bertz CT molecular complexity index is 243. The molecular weight excluding hydrogens is 225 g/mol. The van der Waals surface area contributed by atoms with Crippen molar-refractivity contribution in [1.29, 1.82) is 0 Å². The first-order valence-corrected chi connectivity index (χ1v) is 4.64. The van der Waals surface area contributed by atoms with Crippen LogP contribution >= 0.6 is 0 Å². The number of amides is 1. The van der Waals surface area contributed by atoms with E-state index >= 15 is 0 Å². The van der Waals surface area contributed by atoms with Gasteiger partial charge >= 0.3 is 6.18 Å². The van der Waals surface area contributed by atoms with E-state index in [1.54, 1.807) is 0 Å². The van der Waals surface area contributed by atoms with Crippen molar-refractivity contribution >= 4 is 5.91 Å². The molecule has 0 aromatic rings. The van der Waals surface area contributed by atoms with Crippen LogP contribution in [0.3, 0.4) is 0 Å². The highest BCUT2D eigenvalue weighted by atomic mass is 19.4. The summed E-state index contributed by atoms with van der Waals surface area (Å²) in [5.74, 6) is -0.841. The summed E-state index contributed by atoms with van der Waals surface area (Å²) in [4.78, 5) is 11.9. The second kappa shape index (κ2) is 6.49. The van der Waals surface area contributed by atoms with Crippen LogP contribution in [-0.4, -0.2) is 47.8 Å². The number of hydrogen-bond donors (Lipinski definition) is 2. The summed E-state index contributed by atoms with van der Waals surface area (Å²) in [6, 6.07) is -1.05. The van der Waals surface area contributed by atoms with Gasteiger partial charge in [0.1, 0.15) is 6.54 Å². The predicted octanol–water partition coefficient (Wildman–Crippen LogP) is 0.273. The van der Waals surface area contributed by atoms with Crippen LogP contribution < -0.4 is 5.73 Å². The molecule has 0 saturated heterocycles.